The SMILES string of the molecule is COc1ccccc1C1/C(=C(\O)c2ccc(C)cc2)C(=O)C(=O)N1Cc1ccc(C(=O)O)cc1. The van der Waals surface area contributed by atoms with Crippen molar-refractivity contribution < 1.29 is 29.3 Å². The Morgan fingerprint density at radius 3 is 2.15 bits per heavy atom. The first-order chi connectivity index (χ1) is 16.3. The van der Waals surface area contributed by atoms with Gasteiger partial charge in [-0.2, -0.15) is 0 Å². The number of aryl methyl sites for hydroxylation is 1. The number of benzene rings is 3. The van der Waals surface area contributed by atoms with Crippen molar-refractivity contribution in [1.29, 1.82) is 0 Å². The molecule has 0 saturated carbocycles. The molecule has 0 aliphatic carbocycles. The van der Waals surface area contributed by atoms with E-state index in [1.54, 1.807) is 48.5 Å². The highest BCUT2D eigenvalue weighted by atomic mass is 16.5. The minimum atomic E-state index is -1.06. The fraction of sp³-hybridized carbons (Fsp3) is 0.148. The number of nitrogens with zero attached hydrogens (tertiary/aromatic N) is 1. The number of carbonyl (C=O) groups excluding carboxylic acids is 2. The molecule has 7 heteroatoms. The number of rotatable bonds is 6. The molecule has 34 heavy (non-hydrogen) atoms. The molecular weight excluding hydrogens is 434 g/mol. The Bertz CT molecular complexity index is 1290. The molecule has 1 aliphatic rings. The number of aliphatic hydroxyl groups is 1. The van der Waals surface area contributed by atoms with Crippen LogP contribution in [0.5, 0.6) is 5.75 Å². The molecule has 1 fully saturated rings. The van der Waals surface area contributed by atoms with E-state index in [1.807, 2.05) is 19.1 Å². The van der Waals surface area contributed by atoms with Gasteiger partial charge in [-0.25, -0.2) is 4.79 Å². The van der Waals surface area contributed by atoms with Gasteiger partial charge in [0.25, 0.3) is 11.7 Å². The third-order valence-corrected chi connectivity index (χ3v) is 5.85. The summed E-state index contributed by atoms with van der Waals surface area (Å²) in [4.78, 5) is 38.9. The maximum Gasteiger partial charge on any atom is 0.335 e. The minimum Gasteiger partial charge on any atom is -0.507 e. The highest BCUT2D eigenvalue weighted by molar-refractivity contribution is 6.46. The molecule has 2 N–H and O–H groups in total. The summed E-state index contributed by atoms with van der Waals surface area (Å²) in [7, 11) is 1.50. The smallest absolute Gasteiger partial charge is 0.335 e. The zero-order valence-corrected chi connectivity index (χ0v) is 18.7. The largest absolute Gasteiger partial charge is 0.507 e. The average Bonchev–Trinajstić information content (AvgIpc) is 3.09. The van der Waals surface area contributed by atoms with E-state index in [-0.39, 0.29) is 23.4 Å². The number of aromatic carboxylic acids is 1. The van der Waals surface area contributed by atoms with Gasteiger partial charge in [0, 0.05) is 17.7 Å². The molecule has 3 aromatic carbocycles. The average molecular weight is 457 g/mol. The van der Waals surface area contributed by atoms with Crippen molar-refractivity contribution in [3.63, 3.8) is 0 Å². The third kappa shape index (κ3) is 4.15. The number of Topliss-reactive ketones (excluding diaryl/α,β-unsaturated/α-hetero) is 1. The van der Waals surface area contributed by atoms with Gasteiger partial charge in [0.15, 0.2) is 0 Å². The number of hydrogen-bond acceptors (Lipinski definition) is 5. The number of carboxylic acids is 1. The second-order valence-corrected chi connectivity index (χ2v) is 8.04. The molecule has 1 heterocycles. The fourth-order valence-corrected chi connectivity index (χ4v) is 4.08. The summed E-state index contributed by atoms with van der Waals surface area (Å²) in [6, 6.07) is 19.2. The van der Waals surface area contributed by atoms with Crippen LogP contribution in [0.15, 0.2) is 78.4 Å². The molecule has 0 aromatic heterocycles. The zero-order valence-electron chi connectivity index (χ0n) is 18.7. The van der Waals surface area contributed by atoms with Crippen LogP contribution >= 0.6 is 0 Å². The Balaban J connectivity index is 1.85. The maximum absolute atomic E-state index is 13.2. The fourth-order valence-electron chi connectivity index (χ4n) is 4.08. The second kappa shape index (κ2) is 9.23. The lowest BCUT2D eigenvalue weighted by Gasteiger charge is -2.26. The number of ketones is 1. The number of likely N-dealkylation sites (tertiary alicyclic amines) is 1. The van der Waals surface area contributed by atoms with Crippen molar-refractivity contribution in [2.45, 2.75) is 19.5 Å². The number of carboxylic acid groups (broad SMARTS) is 1. The molecule has 1 unspecified atom stereocenters. The van der Waals surface area contributed by atoms with E-state index in [2.05, 4.69) is 0 Å². The third-order valence-electron chi connectivity index (χ3n) is 5.85. The molecule has 1 amide bonds. The Kier molecular flexibility index (Phi) is 6.19. The molecule has 0 spiro atoms. The van der Waals surface area contributed by atoms with Gasteiger partial charge in [-0.15, -0.1) is 0 Å². The molecule has 1 atom stereocenters. The number of aliphatic hydroxyl groups excluding tert-OH is 1. The van der Waals surface area contributed by atoms with Gasteiger partial charge >= 0.3 is 5.97 Å². The number of carbonyl (C=O) groups is 3. The van der Waals surface area contributed by atoms with Gasteiger partial charge in [0.1, 0.15) is 11.5 Å². The number of hydrogen-bond donors (Lipinski definition) is 2. The Morgan fingerprint density at radius 2 is 1.53 bits per heavy atom. The van der Waals surface area contributed by atoms with Crippen molar-refractivity contribution in [3.05, 3.63) is 106 Å². The van der Waals surface area contributed by atoms with Crippen LogP contribution in [-0.2, 0) is 16.1 Å². The molecule has 0 bridgehead atoms. The van der Waals surface area contributed by atoms with Crippen molar-refractivity contribution in [2.24, 2.45) is 0 Å². The Hall–Kier alpha value is -4.39. The van der Waals surface area contributed by atoms with Crippen molar-refractivity contribution in [1.82, 2.24) is 4.90 Å². The van der Waals surface area contributed by atoms with Gasteiger partial charge < -0.3 is 19.8 Å². The van der Waals surface area contributed by atoms with Gasteiger partial charge in [0.05, 0.1) is 24.3 Å². The van der Waals surface area contributed by atoms with Crippen molar-refractivity contribution in [2.75, 3.05) is 7.11 Å². The maximum atomic E-state index is 13.2. The molecule has 7 nitrogen and oxygen atoms in total. The van der Waals surface area contributed by atoms with Crippen LogP contribution in [0.1, 0.15) is 38.7 Å². The zero-order chi connectivity index (χ0) is 24.4. The summed E-state index contributed by atoms with van der Waals surface area (Å²) in [5.41, 5.74) is 2.70. The first-order valence-electron chi connectivity index (χ1n) is 10.6. The molecular formula is C27H23NO6. The van der Waals surface area contributed by atoms with Crippen LogP contribution in [0, 0.1) is 6.92 Å². The quantitative estimate of drug-likeness (QED) is 0.325. The van der Waals surface area contributed by atoms with Gasteiger partial charge in [-0.1, -0.05) is 60.2 Å². The van der Waals surface area contributed by atoms with E-state index in [1.165, 1.54) is 24.1 Å². The number of para-hydroxylation sites is 1. The monoisotopic (exact) mass is 457 g/mol. The van der Waals surface area contributed by atoms with Gasteiger partial charge in [-0.3, -0.25) is 9.59 Å². The standard InChI is InChI=1S/C27H23NO6/c1-16-7-11-18(12-8-16)24(29)22-23(20-5-3-4-6-21(20)34-2)28(26(31)25(22)30)15-17-9-13-19(14-10-17)27(32)33/h3-14,23,29H,15H2,1-2H3,(H,32,33)/b24-22+. The van der Waals surface area contributed by atoms with E-state index in [0.29, 0.717) is 22.4 Å². The van der Waals surface area contributed by atoms with Crippen LogP contribution in [0.25, 0.3) is 5.76 Å². The predicted molar refractivity (Wildman–Crippen MR) is 125 cm³/mol. The molecule has 3 aromatic rings. The van der Waals surface area contributed by atoms with Crippen LogP contribution in [0.4, 0.5) is 0 Å². The lowest BCUT2D eigenvalue weighted by atomic mass is 9.94. The lowest BCUT2D eigenvalue weighted by molar-refractivity contribution is -0.140. The normalized spacial score (nSPS) is 17.1. The topological polar surface area (TPSA) is 104 Å². The van der Waals surface area contributed by atoms with Crippen LogP contribution in [0.3, 0.4) is 0 Å². The highest BCUT2D eigenvalue weighted by Gasteiger charge is 2.47. The first-order valence-corrected chi connectivity index (χ1v) is 10.6. The van der Waals surface area contributed by atoms with Gasteiger partial charge in [-0.05, 0) is 30.7 Å². The van der Waals surface area contributed by atoms with Crippen LogP contribution < -0.4 is 4.74 Å². The van der Waals surface area contributed by atoms with E-state index in [0.717, 1.165) is 5.56 Å². The summed E-state index contributed by atoms with van der Waals surface area (Å²) < 4.78 is 5.50. The summed E-state index contributed by atoms with van der Waals surface area (Å²) in [5, 5.41) is 20.3. The highest BCUT2D eigenvalue weighted by Crippen LogP contribution is 2.43. The van der Waals surface area contributed by atoms with E-state index in [9.17, 15) is 19.5 Å². The number of amides is 1. The van der Waals surface area contributed by atoms with Crippen LogP contribution in [-0.4, -0.2) is 39.9 Å². The summed E-state index contributed by atoms with van der Waals surface area (Å²) in [6.45, 7) is 1.95. The van der Waals surface area contributed by atoms with Crippen LogP contribution in [0.2, 0.25) is 0 Å². The predicted octanol–water partition coefficient (Wildman–Crippen LogP) is 4.32. The minimum absolute atomic E-state index is 0.0273. The molecule has 4 rings (SSSR count). The molecule has 0 radical (unpaired) electrons. The molecule has 172 valence electrons. The summed E-state index contributed by atoms with van der Waals surface area (Å²) in [5.74, 6) is -2.41. The molecule has 1 aliphatic heterocycles. The number of ether oxygens (including phenoxy) is 1. The lowest BCUT2D eigenvalue weighted by Crippen LogP contribution is -2.29. The molecule has 1 saturated heterocycles. The van der Waals surface area contributed by atoms with E-state index < -0.39 is 23.7 Å². The van der Waals surface area contributed by atoms with E-state index in [4.69, 9.17) is 9.84 Å². The Labute approximate surface area is 196 Å². The van der Waals surface area contributed by atoms with Crippen molar-refractivity contribution in [3.8, 4) is 5.75 Å². The summed E-state index contributed by atoms with van der Waals surface area (Å²) in [6.07, 6.45) is 0. The number of methoxy groups -OCH3 is 1. The van der Waals surface area contributed by atoms with E-state index >= 15 is 0 Å². The van der Waals surface area contributed by atoms with Crippen molar-refractivity contribution >= 4 is 23.4 Å². The van der Waals surface area contributed by atoms with Gasteiger partial charge in [0.2, 0.25) is 0 Å². The summed E-state index contributed by atoms with van der Waals surface area (Å²) >= 11 is 0. The first kappa shape index (κ1) is 22.8. The Morgan fingerprint density at radius 1 is 0.912 bits per heavy atom. The second-order valence-electron chi connectivity index (χ2n) is 8.04.